The average Bonchev–Trinajstić information content (AvgIpc) is 3.03. The standard InChI is InChI=1S/C17H18N2O2/c1-10-9-12(10)14-7-8-15(21-14)16-18-13-6-4-3-5-11(13)17(20)19(16)2/h3-8,10,12,16,18H,9H2,1-2H3/t10-,12+,16-/m1/s1. The summed E-state index contributed by atoms with van der Waals surface area (Å²) in [7, 11) is 1.80. The molecule has 0 bridgehead atoms. The van der Waals surface area contributed by atoms with Crippen LogP contribution in [0.1, 0.15) is 47.3 Å². The van der Waals surface area contributed by atoms with Crippen LogP contribution in [-0.4, -0.2) is 17.9 Å². The number of fused-ring (bicyclic) bond motifs is 1. The van der Waals surface area contributed by atoms with Gasteiger partial charge in [0.2, 0.25) is 0 Å². The van der Waals surface area contributed by atoms with Crippen LogP contribution in [0.25, 0.3) is 0 Å². The summed E-state index contributed by atoms with van der Waals surface area (Å²) in [5.74, 6) is 3.12. The number of para-hydroxylation sites is 1. The summed E-state index contributed by atoms with van der Waals surface area (Å²) in [6.45, 7) is 2.23. The number of nitrogens with zero attached hydrogens (tertiary/aromatic N) is 1. The SMILES string of the molecule is C[C@@H]1C[C@@H]1c1ccc([C@@H]2Nc3ccccc3C(=O)N2C)o1. The van der Waals surface area contributed by atoms with Crippen LogP contribution in [0.5, 0.6) is 0 Å². The molecule has 0 radical (unpaired) electrons. The van der Waals surface area contributed by atoms with Gasteiger partial charge >= 0.3 is 0 Å². The number of anilines is 1. The lowest BCUT2D eigenvalue weighted by molar-refractivity contribution is 0.0718. The molecule has 0 saturated heterocycles. The quantitative estimate of drug-likeness (QED) is 0.915. The second-order valence-corrected chi connectivity index (χ2v) is 6.07. The van der Waals surface area contributed by atoms with Gasteiger partial charge in [-0.15, -0.1) is 0 Å². The van der Waals surface area contributed by atoms with E-state index in [0.29, 0.717) is 17.4 Å². The molecular weight excluding hydrogens is 264 g/mol. The first kappa shape index (κ1) is 12.5. The van der Waals surface area contributed by atoms with E-state index in [9.17, 15) is 4.79 Å². The number of hydrogen-bond donors (Lipinski definition) is 1. The summed E-state index contributed by atoms with van der Waals surface area (Å²) >= 11 is 0. The summed E-state index contributed by atoms with van der Waals surface area (Å²) in [6, 6.07) is 11.6. The summed E-state index contributed by atoms with van der Waals surface area (Å²) in [6.07, 6.45) is 0.957. The maximum atomic E-state index is 12.4. The Morgan fingerprint density at radius 3 is 2.67 bits per heavy atom. The monoisotopic (exact) mass is 282 g/mol. The zero-order chi connectivity index (χ0) is 14.6. The van der Waals surface area contributed by atoms with Crippen LogP contribution < -0.4 is 5.32 Å². The summed E-state index contributed by atoms with van der Waals surface area (Å²) in [5, 5.41) is 3.39. The molecule has 21 heavy (non-hydrogen) atoms. The predicted molar refractivity (Wildman–Crippen MR) is 80.1 cm³/mol. The summed E-state index contributed by atoms with van der Waals surface area (Å²) < 4.78 is 5.99. The Morgan fingerprint density at radius 1 is 1.19 bits per heavy atom. The van der Waals surface area contributed by atoms with Gasteiger partial charge in [-0.2, -0.15) is 0 Å². The van der Waals surface area contributed by atoms with Crippen molar-refractivity contribution in [2.24, 2.45) is 5.92 Å². The Hall–Kier alpha value is -2.23. The fraction of sp³-hybridized carbons (Fsp3) is 0.353. The van der Waals surface area contributed by atoms with Gasteiger partial charge in [0.25, 0.3) is 5.91 Å². The predicted octanol–water partition coefficient (Wildman–Crippen LogP) is 3.60. The van der Waals surface area contributed by atoms with Crippen LogP contribution in [0, 0.1) is 5.92 Å². The molecule has 4 heteroatoms. The molecule has 1 aliphatic heterocycles. The highest BCUT2D eigenvalue weighted by Crippen LogP contribution is 2.48. The average molecular weight is 282 g/mol. The zero-order valence-electron chi connectivity index (χ0n) is 12.2. The molecule has 0 spiro atoms. The minimum Gasteiger partial charge on any atom is -0.462 e. The molecule has 4 rings (SSSR count). The van der Waals surface area contributed by atoms with Crippen LogP contribution >= 0.6 is 0 Å². The number of furan rings is 1. The van der Waals surface area contributed by atoms with Gasteiger partial charge in [0, 0.05) is 18.7 Å². The van der Waals surface area contributed by atoms with E-state index in [1.807, 2.05) is 36.4 Å². The third kappa shape index (κ3) is 1.94. The van der Waals surface area contributed by atoms with E-state index in [2.05, 4.69) is 12.2 Å². The number of carbonyl (C=O) groups is 1. The first-order valence-corrected chi connectivity index (χ1v) is 7.37. The van der Waals surface area contributed by atoms with Gasteiger partial charge in [-0.05, 0) is 36.6 Å². The summed E-state index contributed by atoms with van der Waals surface area (Å²) in [4.78, 5) is 14.1. The molecule has 1 N–H and O–H groups in total. The van der Waals surface area contributed by atoms with Crippen LogP contribution in [0.15, 0.2) is 40.8 Å². The lowest BCUT2D eigenvalue weighted by Crippen LogP contribution is -2.39. The molecule has 1 amide bonds. The molecule has 1 fully saturated rings. The lowest BCUT2D eigenvalue weighted by atomic mass is 10.1. The molecule has 2 aromatic rings. The van der Waals surface area contributed by atoms with Crippen molar-refractivity contribution in [1.82, 2.24) is 4.90 Å². The summed E-state index contributed by atoms with van der Waals surface area (Å²) in [5.41, 5.74) is 1.57. The fourth-order valence-corrected chi connectivity index (χ4v) is 3.04. The van der Waals surface area contributed by atoms with Crippen molar-refractivity contribution in [2.75, 3.05) is 12.4 Å². The molecule has 1 aliphatic carbocycles. The topological polar surface area (TPSA) is 45.5 Å². The Kier molecular flexibility index (Phi) is 2.61. The molecule has 1 saturated carbocycles. The van der Waals surface area contributed by atoms with E-state index in [0.717, 1.165) is 17.2 Å². The van der Waals surface area contributed by atoms with E-state index < -0.39 is 0 Å². The van der Waals surface area contributed by atoms with Crippen molar-refractivity contribution in [3.8, 4) is 0 Å². The van der Waals surface area contributed by atoms with Crippen molar-refractivity contribution in [3.63, 3.8) is 0 Å². The first-order chi connectivity index (χ1) is 10.1. The third-order valence-corrected chi connectivity index (χ3v) is 4.55. The molecular formula is C17H18N2O2. The van der Waals surface area contributed by atoms with Gasteiger partial charge < -0.3 is 14.6 Å². The minimum absolute atomic E-state index is 0.0205. The number of rotatable bonds is 2. The fourth-order valence-electron chi connectivity index (χ4n) is 3.04. The number of nitrogens with one attached hydrogen (secondary N) is 1. The molecule has 1 aromatic carbocycles. The second-order valence-electron chi connectivity index (χ2n) is 6.07. The number of carbonyl (C=O) groups excluding carboxylic acids is 1. The van der Waals surface area contributed by atoms with E-state index in [-0.39, 0.29) is 12.1 Å². The Balaban J connectivity index is 1.66. The van der Waals surface area contributed by atoms with E-state index in [1.54, 1.807) is 11.9 Å². The normalized spacial score (nSPS) is 27.2. The Morgan fingerprint density at radius 2 is 1.90 bits per heavy atom. The van der Waals surface area contributed by atoms with E-state index in [1.165, 1.54) is 6.42 Å². The highest BCUT2D eigenvalue weighted by molar-refractivity contribution is 6.01. The molecule has 1 aromatic heterocycles. The van der Waals surface area contributed by atoms with Gasteiger partial charge in [-0.3, -0.25) is 4.79 Å². The van der Waals surface area contributed by atoms with Gasteiger partial charge in [0.05, 0.1) is 5.56 Å². The van der Waals surface area contributed by atoms with Crippen LogP contribution in [0.3, 0.4) is 0 Å². The van der Waals surface area contributed by atoms with Crippen molar-refractivity contribution in [1.29, 1.82) is 0 Å². The van der Waals surface area contributed by atoms with Gasteiger partial charge in [0.1, 0.15) is 11.5 Å². The highest BCUT2D eigenvalue weighted by atomic mass is 16.3. The van der Waals surface area contributed by atoms with Crippen molar-refractivity contribution in [3.05, 3.63) is 53.5 Å². The minimum atomic E-state index is -0.241. The van der Waals surface area contributed by atoms with Crippen molar-refractivity contribution in [2.45, 2.75) is 25.4 Å². The molecule has 2 aliphatic rings. The van der Waals surface area contributed by atoms with E-state index >= 15 is 0 Å². The van der Waals surface area contributed by atoms with Crippen LogP contribution in [0.4, 0.5) is 5.69 Å². The number of hydrogen-bond acceptors (Lipinski definition) is 3. The second kappa shape index (κ2) is 4.38. The van der Waals surface area contributed by atoms with Gasteiger partial charge in [0.15, 0.2) is 6.17 Å². The van der Waals surface area contributed by atoms with Crippen molar-refractivity contribution < 1.29 is 9.21 Å². The first-order valence-electron chi connectivity index (χ1n) is 7.37. The smallest absolute Gasteiger partial charge is 0.257 e. The third-order valence-electron chi connectivity index (χ3n) is 4.55. The zero-order valence-corrected chi connectivity index (χ0v) is 12.2. The molecule has 0 unspecified atom stereocenters. The molecule has 2 heterocycles. The van der Waals surface area contributed by atoms with Gasteiger partial charge in [-0.25, -0.2) is 0 Å². The largest absolute Gasteiger partial charge is 0.462 e. The highest BCUT2D eigenvalue weighted by Gasteiger charge is 2.38. The molecule has 4 nitrogen and oxygen atoms in total. The maximum Gasteiger partial charge on any atom is 0.257 e. The molecule has 3 atom stereocenters. The number of amides is 1. The maximum absolute atomic E-state index is 12.4. The van der Waals surface area contributed by atoms with E-state index in [4.69, 9.17) is 4.42 Å². The molecule has 108 valence electrons. The van der Waals surface area contributed by atoms with Crippen LogP contribution in [0.2, 0.25) is 0 Å². The number of benzene rings is 1. The van der Waals surface area contributed by atoms with Crippen molar-refractivity contribution >= 4 is 11.6 Å². The van der Waals surface area contributed by atoms with Crippen LogP contribution in [-0.2, 0) is 0 Å². The Bertz CT molecular complexity index is 706. The lowest BCUT2D eigenvalue weighted by Gasteiger charge is -2.33. The Labute approximate surface area is 123 Å². The van der Waals surface area contributed by atoms with Gasteiger partial charge in [-0.1, -0.05) is 19.1 Å².